The fourth-order valence-electron chi connectivity index (χ4n) is 5.10. The number of para-hydroxylation sites is 2. The molecule has 5 rings (SSSR count). The highest BCUT2D eigenvalue weighted by Crippen LogP contribution is 2.65. The standard InChI is InChI=1S/C24H24N2O/c1-23(2)18-12-13-24(23,3)21(27)17(18)14-15-8-10-16(11-9-15)22-25-19-6-4-5-7-20(19)26-22/h4-11,14,18H,12-13H2,1-3H3,(H,25,26). The number of rotatable bonds is 2. The highest BCUT2D eigenvalue weighted by molar-refractivity contribution is 6.08. The molecule has 2 saturated carbocycles. The number of carbonyl (C=O) groups is 1. The second-order valence-electron chi connectivity index (χ2n) is 8.80. The van der Waals surface area contributed by atoms with Crippen molar-refractivity contribution in [3.05, 3.63) is 59.7 Å². The van der Waals surface area contributed by atoms with E-state index in [2.05, 4.69) is 61.1 Å². The molecule has 2 aromatic carbocycles. The highest BCUT2D eigenvalue weighted by atomic mass is 16.1. The first-order chi connectivity index (χ1) is 12.9. The van der Waals surface area contributed by atoms with Crippen molar-refractivity contribution in [2.24, 2.45) is 16.7 Å². The molecule has 0 aliphatic heterocycles. The Bertz CT molecular complexity index is 1050. The van der Waals surface area contributed by atoms with Crippen molar-refractivity contribution in [3.8, 4) is 11.4 Å². The number of aromatic amines is 1. The van der Waals surface area contributed by atoms with Crippen LogP contribution in [0.3, 0.4) is 0 Å². The zero-order chi connectivity index (χ0) is 18.8. The van der Waals surface area contributed by atoms with Crippen LogP contribution < -0.4 is 0 Å². The number of hydrogen-bond donors (Lipinski definition) is 1. The molecule has 2 bridgehead atoms. The molecular weight excluding hydrogens is 332 g/mol. The van der Waals surface area contributed by atoms with Gasteiger partial charge in [0.15, 0.2) is 5.78 Å². The summed E-state index contributed by atoms with van der Waals surface area (Å²) in [5, 5.41) is 0. The maximum Gasteiger partial charge on any atom is 0.165 e. The maximum atomic E-state index is 13.0. The van der Waals surface area contributed by atoms with Crippen LogP contribution in [-0.4, -0.2) is 15.8 Å². The Hall–Kier alpha value is -2.68. The Morgan fingerprint density at radius 2 is 1.81 bits per heavy atom. The Labute approximate surface area is 159 Å². The first kappa shape index (κ1) is 16.5. The molecule has 2 fully saturated rings. The van der Waals surface area contributed by atoms with E-state index in [1.54, 1.807) is 0 Å². The molecule has 136 valence electrons. The summed E-state index contributed by atoms with van der Waals surface area (Å²) in [5.41, 5.74) is 5.04. The van der Waals surface area contributed by atoms with Crippen LogP contribution in [-0.2, 0) is 4.79 Å². The molecule has 1 heterocycles. The van der Waals surface area contributed by atoms with Crippen molar-refractivity contribution in [3.63, 3.8) is 0 Å². The molecule has 3 heteroatoms. The summed E-state index contributed by atoms with van der Waals surface area (Å²) in [4.78, 5) is 21.0. The lowest BCUT2D eigenvalue weighted by Crippen LogP contribution is -2.32. The van der Waals surface area contributed by atoms with Gasteiger partial charge >= 0.3 is 0 Å². The van der Waals surface area contributed by atoms with Gasteiger partial charge in [0.25, 0.3) is 0 Å². The molecule has 0 spiro atoms. The van der Waals surface area contributed by atoms with Crippen LogP contribution in [0, 0.1) is 16.7 Å². The van der Waals surface area contributed by atoms with Crippen molar-refractivity contribution in [1.82, 2.24) is 9.97 Å². The van der Waals surface area contributed by atoms with Crippen LogP contribution in [0.1, 0.15) is 39.2 Å². The number of Topliss-reactive ketones (excluding diaryl/α,β-unsaturated/α-hetero) is 1. The number of imidazole rings is 1. The van der Waals surface area contributed by atoms with Crippen LogP contribution in [0.25, 0.3) is 28.5 Å². The van der Waals surface area contributed by atoms with Crippen molar-refractivity contribution in [2.75, 3.05) is 0 Å². The molecule has 27 heavy (non-hydrogen) atoms. The number of aromatic nitrogens is 2. The molecule has 3 aromatic rings. The number of hydrogen-bond acceptors (Lipinski definition) is 2. The fourth-order valence-corrected chi connectivity index (χ4v) is 5.10. The minimum Gasteiger partial charge on any atom is -0.338 e. The lowest BCUT2D eigenvalue weighted by molar-refractivity contribution is -0.125. The Kier molecular flexibility index (Phi) is 3.31. The van der Waals surface area contributed by atoms with Gasteiger partial charge in [-0.1, -0.05) is 57.2 Å². The number of nitrogens with zero attached hydrogens (tertiary/aromatic N) is 1. The van der Waals surface area contributed by atoms with Crippen molar-refractivity contribution < 1.29 is 4.79 Å². The van der Waals surface area contributed by atoms with Crippen molar-refractivity contribution >= 4 is 22.9 Å². The lowest BCUT2D eigenvalue weighted by atomic mass is 9.70. The van der Waals surface area contributed by atoms with Gasteiger partial charge < -0.3 is 4.98 Å². The van der Waals surface area contributed by atoms with Gasteiger partial charge in [0, 0.05) is 11.0 Å². The van der Waals surface area contributed by atoms with Gasteiger partial charge in [-0.25, -0.2) is 4.98 Å². The topological polar surface area (TPSA) is 45.8 Å². The summed E-state index contributed by atoms with van der Waals surface area (Å²) in [6, 6.07) is 16.4. The van der Waals surface area contributed by atoms with Crippen LogP contribution in [0.4, 0.5) is 0 Å². The second kappa shape index (κ2) is 5.41. The van der Waals surface area contributed by atoms with E-state index >= 15 is 0 Å². The molecule has 3 nitrogen and oxygen atoms in total. The molecule has 0 amide bonds. The summed E-state index contributed by atoms with van der Waals surface area (Å²) in [7, 11) is 0. The van der Waals surface area contributed by atoms with E-state index in [1.807, 2.05) is 24.3 Å². The van der Waals surface area contributed by atoms with Gasteiger partial charge in [-0.15, -0.1) is 0 Å². The molecule has 2 aliphatic carbocycles. The van der Waals surface area contributed by atoms with Gasteiger partial charge in [-0.2, -0.15) is 0 Å². The van der Waals surface area contributed by atoms with E-state index in [-0.39, 0.29) is 10.8 Å². The van der Waals surface area contributed by atoms with Gasteiger partial charge in [0.05, 0.1) is 11.0 Å². The normalized spacial score (nSPS) is 27.7. The van der Waals surface area contributed by atoms with E-state index in [1.165, 1.54) is 0 Å². The number of fused-ring (bicyclic) bond motifs is 3. The molecule has 0 radical (unpaired) electrons. The monoisotopic (exact) mass is 356 g/mol. The Morgan fingerprint density at radius 1 is 1.07 bits per heavy atom. The first-order valence-corrected chi connectivity index (χ1v) is 9.72. The molecule has 1 N–H and O–H groups in total. The fraction of sp³-hybridized carbons (Fsp3) is 0.333. The third kappa shape index (κ3) is 2.21. The summed E-state index contributed by atoms with van der Waals surface area (Å²) >= 11 is 0. The number of carbonyl (C=O) groups excluding carboxylic acids is 1. The van der Waals surface area contributed by atoms with Crippen LogP contribution >= 0.6 is 0 Å². The minimum atomic E-state index is -0.197. The first-order valence-electron chi connectivity index (χ1n) is 9.72. The van der Waals surface area contributed by atoms with Gasteiger partial charge in [0.2, 0.25) is 0 Å². The average molecular weight is 356 g/mol. The summed E-state index contributed by atoms with van der Waals surface area (Å²) in [5.74, 6) is 1.61. The van der Waals surface area contributed by atoms with Gasteiger partial charge in [-0.3, -0.25) is 4.79 Å². The van der Waals surface area contributed by atoms with E-state index in [4.69, 9.17) is 0 Å². The molecule has 1 aromatic heterocycles. The van der Waals surface area contributed by atoms with Gasteiger partial charge in [-0.05, 0) is 53.5 Å². The van der Waals surface area contributed by atoms with Crippen LogP contribution in [0.15, 0.2) is 54.1 Å². The average Bonchev–Trinajstić information content (AvgIpc) is 3.23. The summed E-state index contributed by atoms with van der Waals surface area (Å²) < 4.78 is 0. The number of benzene rings is 2. The number of nitrogens with one attached hydrogen (secondary N) is 1. The summed E-state index contributed by atoms with van der Waals surface area (Å²) in [6.07, 6.45) is 4.26. The zero-order valence-electron chi connectivity index (χ0n) is 16.0. The SMILES string of the molecule is CC12CCC(C(=Cc3ccc(-c4nc5ccccc5[nH]4)cc3)C1=O)C2(C)C. The number of ketones is 1. The highest BCUT2D eigenvalue weighted by Gasteiger charge is 2.63. The largest absolute Gasteiger partial charge is 0.338 e. The van der Waals surface area contributed by atoms with E-state index in [9.17, 15) is 4.79 Å². The maximum absolute atomic E-state index is 13.0. The molecule has 0 saturated heterocycles. The Morgan fingerprint density at radius 3 is 2.48 bits per heavy atom. The molecular formula is C24H24N2O. The number of H-pyrrole nitrogens is 1. The smallest absolute Gasteiger partial charge is 0.165 e. The predicted octanol–water partition coefficient (Wildman–Crippen LogP) is 5.64. The van der Waals surface area contributed by atoms with Crippen molar-refractivity contribution in [2.45, 2.75) is 33.6 Å². The minimum absolute atomic E-state index is 0.0597. The summed E-state index contributed by atoms with van der Waals surface area (Å²) in [6.45, 7) is 6.67. The quantitative estimate of drug-likeness (QED) is 0.604. The van der Waals surface area contributed by atoms with Crippen LogP contribution in [0.5, 0.6) is 0 Å². The zero-order valence-corrected chi connectivity index (χ0v) is 16.0. The molecule has 2 unspecified atom stereocenters. The third-order valence-electron chi connectivity index (χ3n) is 7.26. The van der Waals surface area contributed by atoms with E-state index in [0.717, 1.165) is 46.4 Å². The second-order valence-corrected chi connectivity index (χ2v) is 8.80. The van der Waals surface area contributed by atoms with E-state index < -0.39 is 0 Å². The lowest BCUT2D eigenvalue weighted by Gasteiger charge is -2.31. The van der Waals surface area contributed by atoms with Crippen LogP contribution in [0.2, 0.25) is 0 Å². The molecule has 2 aliphatic rings. The number of allylic oxidation sites excluding steroid dienone is 1. The molecule has 2 atom stereocenters. The van der Waals surface area contributed by atoms with Crippen molar-refractivity contribution in [1.29, 1.82) is 0 Å². The van der Waals surface area contributed by atoms with Gasteiger partial charge in [0.1, 0.15) is 5.82 Å². The Balaban J connectivity index is 1.48. The third-order valence-corrected chi connectivity index (χ3v) is 7.26. The van der Waals surface area contributed by atoms with E-state index in [0.29, 0.717) is 11.7 Å². The predicted molar refractivity (Wildman–Crippen MR) is 109 cm³/mol.